The summed E-state index contributed by atoms with van der Waals surface area (Å²) in [6.07, 6.45) is 8.62. The van der Waals surface area contributed by atoms with Gasteiger partial charge in [0.25, 0.3) is 0 Å². The summed E-state index contributed by atoms with van der Waals surface area (Å²) >= 11 is 0. The van der Waals surface area contributed by atoms with Crippen molar-refractivity contribution in [3.05, 3.63) is 0 Å². The summed E-state index contributed by atoms with van der Waals surface area (Å²) in [5.74, 6) is 0.0716. The zero-order chi connectivity index (χ0) is 32.1. The fraction of sp³-hybridized carbons (Fsp3) is 0.971. The molecule has 0 aromatic carbocycles. The molecule has 0 bridgehead atoms. The first kappa shape index (κ1) is 41.4. The minimum Gasteiger partial charge on any atom is -0.396 e. The second kappa shape index (κ2) is 22.8. The van der Waals surface area contributed by atoms with Crippen LogP contribution in [-0.4, -0.2) is 91.8 Å². The van der Waals surface area contributed by atoms with E-state index in [9.17, 15) is 15.0 Å². The number of aliphatic hydroxyl groups excluding tert-OH is 2. The summed E-state index contributed by atoms with van der Waals surface area (Å²) in [4.78, 5) is 13.2. The van der Waals surface area contributed by atoms with E-state index in [1.165, 1.54) is 0 Å². The Balaban J connectivity index is 5.13. The molecule has 0 saturated heterocycles. The van der Waals surface area contributed by atoms with Gasteiger partial charge in [0.05, 0.1) is 55.8 Å². The lowest BCUT2D eigenvalue weighted by molar-refractivity contribution is -0.184. The average molecular weight is 605 g/mol. The Morgan fingerprint density at radius 2 is 1.40 bits per heavy atom. The van der Waals surface area contributed by atoms with Crippen LogP contribution in [0.15, 0.2) is 0 Å². The molecule has 0 fully saturated rings. The Morgan fingerprint density at radius 3 is 1.95 bits per heavy atom. The average Bonchev–Trinajstić information content (AvgIpc) is 2.99. The number of unbranched alkanes of at least 4 members (excludes halogenated alkanes) is 4. The van der Waals surface area contributed by atoms with Crippen molar-refractivity contribution in [2.45, 2.75) is 162 Å². The van der Waals surface area contributed by atoms with Gasteiger partial charge < -0.3 is 33.9 Å². The predicted octanol–water partition coefficient (Wildman–Crippen LogP) is 6.66. The molecule has 252 valence electrons. The van der Waals surface area contributed by atoms with Crippen molar-refractivity contribution in [3.8, 4) is 0 Å². The van der Waals surface area contributed by atoms with Gasteiger partial charge in [-0.2, -0.15) is 0 Å². The van der Waals surface area contributed by atoms with Gasteiger partial charge in [0, 0.05) is 26.2 Å². The molecule has 42 heavy (non-hydrogen) atoms. The van der Waals surface area contributed by atoms with E-state index in [0.717, 1.165) is 51.6 Å². The summed E-state index contributed by atoms with van der Waals surface area (Å²) in [6, 6.07) is 0. The van der Waals surface area contributed by atoms with Crippen LogP contribution in [0.4, 0.5) is 0 Å². The van der Waals surface area contributed by atoms with E-state index in [-0.39, 0.29) is 44.4 Å². The minimum absolute atomic E-state index is 0.0716. The molecule has 0 aromatic heterocycles. The van der Waals surface area contributed by atoms with Gasteiger partial charge in [-0.05, 0) is 86.5 Å². The number of hydrogen-bond donors (Lipinski definition) is 2. The third kappa shape index (κ3) is 16.5. The molecule has 0 spiro atoms. The largest absolute Gasteiger partial charge is 0.396 e. The van der Waals surface area contributed by atoms with Crippen LogP contribution in [0.5, 0.6) is 0 Å². The lowest BCUT2D eigenvalue weighted by Crippen LogP contribution is -2.50. The number of carbonyl (C=O) groups is 1. The van der Waals surface area contributed by atoms with E-state index < -0.39 is 22.7 Å². The summed E-state index contributed by atoms with van der Waals surface area (Å²) in [7, 11) is 0. The molecule has 8 nitrogen and oxygen atoms in total. The van der Waals surface area contributed by atoms with Crippen molar-refractivity contribution >= 4 is 5.78 Å². The van der Waals surface area contributed by atoms with E-state index in [2.05, 4.69) is 13.8 Å². The predicted molar refractivity (Wildman–Crippen MR) is 170 cm³/mol. The number of rotatable bonds is 29. The number of hydrogen-bond acceptors (Lipinski definition) is 8. The first-order valence-electron chi connectivity index (χ1n) is 16.8. The standard InChI is InChI=1S/C34H68O8/c1-10-29(7)40-23-19-15-17-21-31(37)33(9,12-3)42-27-34(24-35,25-38-13-4)26-41-32(8,11-2)30(36)20-16-14-18-22-39-28(5)6/h28-29,31,35,37H,10-27H2,1-9H3. The minimum atomic E-state index is -0.951. The molecular weight excluding hydrogens is 536 g/mol. The van der Waals surface area contributed by atoms with Crippen LogP contribution in [0, 0.1) is 5.41 Å². The molecule has 8 heteroatoms. The number of ketones is 1. The highest BCUT2D eigenvalue weighted by Crippen LogP contribution is 2.31. The van der Waals surface area contributed by atoms with Crippen LogP contribution in [0.1, 0.15) is 133 Å². The molecule has 0 aliphatic rings. The molecule has 0 radical (unpaired) electrons. The zero-order valence-electron chi connectivity index (χ0n) is 28.8. The van der Waals surface area contributed by atoms with Gasteiger partial charge in [0.1, 0.15) is 5.60 Å². The fourth-order valence-corrected chi connectivity index (χ4v) is 4.50. The molecule has 0 aromatic rings. The van der Waals surface area contributed by atoms with Gasteiger partial charge in [-0.25, -0.2) is 0 Å². The van der Waals surface area contributed by atoms with Crippen molar-refractivity contribution in [2.24, 2.45) is 5.41 Å². The highest BCUT2D eigenvalue weighted by atomic mass is 16.5. The third-order valence-electron chi connectivity index (χ3n) is 8.62. The molecule has 5 atom stereocenters. The lowest BCUT2D eigenvalue weighted by atomic mass is 9.88. The van der Waals surface area contributed by atoms with Gasteiger partial charge in [-0.1, -0.05) is 40.0 Å². The van der Waals surface area contributed by atoms with E-state index in [1.54, 1.807) is 0 Å². The molecule has 0 saturated carbocycles. The highest BCUT2D eigenvalue weighted by molar-refractivity contribution is 5.86. The second-order valence-corrected chi connectivity index (χ2v) is 12.7. The monoisotopic (exact) mass is 604 g/mol. The zero-order valence-corrected chi connectivity index (χ0v) is 28.8. The van der Waals surface area contributed by atoms with Crippen LogP contribution in [0.3, 0.4) is 0 Å². The van der Waals surface area contributed by atoms with Crippen molar-refractivity contribution in [2.75, 3.05) is 46.2 Å². The Hall–Kier alpha value is -0.610. The number of aliphatic hydroxyl groups is 2. The van der Waals surface area contributed by atoms with Crippen molar-refractivity contribution in [1.82, 2.24) is 0 Å². The molecule has 0 aliphatic heterocycles. The molecule has 2 N–H and O–H groups in total. The Morgan fingerprint density at radius 1 is 0.786 bits per heavy atom. The quantitative estimate of drug-likeness (QED) is 0.0914. The summed E-state index contributed by atoms with van der Waals surface area (Å²) < 4.78 is 29.8. The first-order valence-corrected chi connectivity index (χ1v) is 16.8. The van der Waals surface area contributed by atoms with Crippen LogP contribution in [-0.2, 0) is 28.5 Å². The van der Waals surface area contributed by atoms with E-state index in [4.69, 9.17) is 23.7 Å². The van der Waals surface area contributed by atoms with Crippen LogP contribution in [0.2, 0.25) is 0 Å². The van der Waals surface area contributed by atoms with Gasteiger partial charge in [0.2, 0.25) is 0 Å². The maximum absolute atomic E-state index is 13.2. The fourth-order valence-electron chi connectivity index (χ4n) is 4.50. The van der Waals surface area contributed by atoms with Gasteiger partial charge >= 0.3 is 0 Å². The van der Waals surface area contributed by atoms with E-state index in [1.807, 2.05) is 48.5 Å². The maximum Gasteiger partial charge on any atom is 0.164 e. The topological polar surface area (TPSA) is 104 Å². The summed E-state index contributed by atoms with van der Waals surface area (Å²) in [5, 5.41) is 21.6. The van der Waals surface area contributed by atoms with Gasteiger partial charge in [-0.15, -0.1) is 0 Å². The Kier molecular flexibility index (Phi) is 22.5. The van der Waals surface area contributed by atoms with Gasteiger partial charge in [0.15, 0.2) is 5.78 Å². The van der Waals surface area contributed by atoms with E-state index in [0.29, 0.717) is 38.9 Å². The highest BCUT2D eigenvalue weighted by Gasteiger charge is 2.41. The summed E-state index contributed by atoms with van der Waals surface area (Å²) in [6.45, 7) is 20.1. The van der Waals surface area contributed by atoms with Crippen LogP contribution in [0.25, 0.3) is 0 Å². The summed E-state index contributed by atoms with van der Waals surface area (Å²) in [5.41, 5.74) is -2.58. The maximum atomic E-state index is 13.2. The van der Waals surface area contributed by atoms with Crippen molar-refractivity contribution in [1.29, 1.82) is 0 Å². The smallest absolute Gasteiger partial charge is 0.164 e. The Bertz CT molecular complexity index is 674. The van der Waals surface area contributed by atoms with E-state index >= 15 is 0 Å². The third-order valence-corrected chi connectivity index (χ3v) is 8.62. The molecule has 0 amide bonds. The van der Waals surface area contributed by atoms with Crippen molar-refractivity contribution < 1.29 is 38.7 Å². The first-order chi connectivity index (χ1) is 19.9. The van der Waals surface area contributed by atoms with Crippen LogP contribution < -0.4 is 0 Å². The normalized spacial score (nSPS) is 17.9. The van der Waals surface area contributed by atoms with Crippen molar-refractivity contribution in [3.63, 3.8) is 0 Å². The molecular formula is C34H68O8. The molecule has 0 rings (SSSR count). The second-order valence-electron chi connectivity index (χ2n) is 12.7. The lowest BCUT2D eigenvalue weighted by Gasteiger charge is -2.40. The number of carbonyl (C=O) groups excluding carboxylic acids is 1. The Labute approximate surface area is 258 Å². The molecule has 0 heterocycles. The molecule has 0 aliphatic carbocycles. The SMILES string of the molecule is CCOCC(CO)(COC(C)(CC)C(=O)CCCCCOC(C)C)COC(C)(CC)C(O)CCCCCOC(C)CC. The number of ether oxygens (including phenoxy) is 5. The van der Waals surface area contributed by atoms with Gasteiger partial charge in [-0.3, -0.25) is 4.79 Å². The van der Waals surface area contributed by atoms with Crippen LogP contribution >= 0.6 is 0 Å². The molecule has 5 unspecified atom stereocenters. The number of Topliss-reactive ketones (excluding diaryl/α,β-unsaturated/α-hetero) is 1.